The average molecular weight is 625 g/mol. The Morgan fingerprint density at radius 1 is 1.26 bits per heavy atom. The van der Waals surface area contributed by atoms with Crippen molar-refractivity contribution in [1.82, 2.24) is 20.0 Å². The molecule has 15 heteroatoms. The third kappa shape index (κ3) is 6.87. The molecule has 11 nitrogen and oxygen atoms in total. The van der Waals surface area contributed by atoms with Gasteiger partial charge in [-0.15, -0.1) is 0 Å². The van der Waals surface area contributed by atoms with Crippen molar-refractivity contribution in [3.8, 4) is 5.75 Å². The van der Waals surface area contributed by atoms with Crippen LogP contribution in [0.4, 0.5) is 13.2 Å². The summed E-state index contributed by atoms with van der Waals surface area (Å²) in [4.78, 5) is 39.7. The number of likely N-dealkylation sites (N-methyl/N-ethyl adjacent to an activating group) is 1. The Morgan fingerprint density at radius 3 is 2.58 bits per heavy atom. The highest BCUT2D eigenvalue weighted by Gasteiger charge is 2.54. The van der Waals surface area contributed by atoms with Crippen LogP contribution in [0.25, 0.3) is 11.0 Å². The van der Waals surface area contributed by atoms with Gasteiger partial charge in [0.05, 0.1) is 5.56 Å². The molecule has 0 bridgehead atoms. The van der Waals surface area contributed by atoms with Crippen LogP contribution in [0.15, 0.2) is 28.8 Å². The molecular formula is C28H35F3N4O7Si. The number of hydrogen-bond donors (Lipinski definition) is 2. The summed E-state index contributed by atoms with van der Waals surface area (Å²) in [7, 11) is -1.37. The monoisotopic (exact) mass is 624 g/mol. The summed E-state index contributed by atoms with van der Waals surface area (Å²) < 4.78 is 59.1. The molecule has 1 aliphatic heterocycles. The summed E-state index contributed by atoms with van der Waals surface area (Å²) in [5.41, 5.74) is -3.16. The van der Waals surface area contributed by atoms with Crippen molar-refractivity contribution in [2.24, 2.45) is 0 Å². The summed E-state index contributed by atoms with van der Waals surface area (Å²) in [6.07, 6.45) is -3.60. The first-order chi connectivity index (χ1) is 20.1. The third-order valence-electron chi connectivity index (χ3n) is 7.27. The van der Waals surface area contributed by atoms with Crippen LogP contribution in [0.1, 0.15) is 40.7 Å². The summed E-state index contributed by atoms with van der Waals surface area (Å²) >= 11 is 0. The molecule has 43 heavy (non-hydrogen) atoms. The second kappa shape index (κ2) is 12.0. The number of carboxylic acid groups (broad SMARTS) is 1. The number of aliphatic carboxylic acids is 1. The first-order valence-corrected chi connectivity index (χ1v) is 17.5. The van der Waals surface area contributed by atoms with Crippen LogP contribution in [-0.4, -0.2) is 70.9 Å². The van der Waals surface area contributed by atoms with Gasteiger partial charge in [0.15, 0.2) is 5.69 Å². The van der Waals surface area contributed by atoms with Crippen LogP contribution < -0.4 is 10.1 Å². The van der Waals surface area contributed by atoms with Crippen LogP contribution in [-0.2, 0) is 33.8 Å². The second-order valence-electron chi connectivity index (χ2n) is 11.7. The van der Waals surface area contributed by atoms with E-state index < -0.39 is 49.9 Å². The van der Waals surface area contributed by atoms with Crippen molar-refractivity contribution >= 4 is 36.8 Å². The number of benzene rings is 1. The van der Waals surface area contributed by atoms with Gasteiger partial charge < -0.3 is 29.2 Å². The summed E-state index contributed by atoms with van der Waals surface area (Å²) in [5.74, 6) is -2.72. The minimum absolute atomic E-state index is 0.0110. The number of rotatable bonds is 12. The Bertz CT molecular complexity index is 1530. The van der Waals surface area contributed by atoms with Crippen molar-refractivity contribution in [3.05, 3.63) is 47.0 Å². The van der Waals surface area contributed by atoms with Gasteiger partial charge in [0.25, 0.3) is 11.8 Å². The number of carbonyl (C=O) groups excluding carboxylic acids is 2. The molecule has 1 aliphatic rings. The molecule has 2 N–H and O–H groups in total. The number of carbonyl (C=O) groups is 3. The lowest BCUT2D eigenvalue weighted by atomic mass is 9.96. The van der Waals surface area contributed by atoms with E-state index in [0.717, 1.165) is 10.7 Å². The van der Waals surface area contributed by atoms with E-state index in [1.54, 1.807) is 6.92 Å². The highest BCUT2D eigenvalue weighted by atomic mass is 28.3. The van der Waals surface area contributed by atoms with Gasteiger partial charge in [0, 0.05) is 51.3 Å². The molecule has 0 radical (unpaired) electrons. The van der Waals surface area contributed by atoms with E-state index in [4.69, 9.17) is 13.9 Å². The van der Waals surface area contributed by atoms with Crippen LogP contribution >= 0.6 is 0 Å². The maximum Gasteiger partial charge on any atom is 0.435 e. The topological polar surface area (TPSA) is 136 Å². The molecule has 3 heterocycles. The molecule has 0 saturated carbocycles. The maximum atomic E-state index is 13.7. The molecule has 1 unspecified atom stereocenters. The standard InChI is InChI=1S/C28H35F3N4O7Si/c1-6-34-10-9-27(25(34)37,26(38)39)32-24(36)22-17(2)42-21-8-7-19(13-20(21)22)41-15-18-14-35(33-23(18)28(29,30)31)16-40-11-12-43(3,4)5/h7-8,13-14H,6,9-12,15-16H2,1-5H3,(H,32,36)(H,38,39). The number of carboxylic acids is 1. The molecule has 2 aromatic heterocycles. The number of fused-ring (bicyclic) bond motifs is 1. The number of halogens is 3. The average Bonchev–Trinajstić information content (AvgIpc) is 3.57. The zero-order chi connectivity index (χ0) is 31.7. The SMILES string of the molecule is CCN1CCC(NC(=O)c2c(C)oc3ccc(OCc4cn(COCC[Si](C)(C)C)nc4C(F)(F)F)cc23)(C(=O)O)C1=O. The number of hydrogen-bond acceptors (Lipinski definition) is 7. The van der Waals surface area contributed by atoms with Gasteiger partial charge in [0.1, 0.15) is 30.4 Å². The minimum Gasteiger partial charge on any atom is -0.489 e. The first kappa shape index (κ1) is 32.1. The lowest BCUT2D eigenvalue weighted by Gasteiger charge is -2.24. The van der Waals surface area contributed by atoms with Crippen LogP contribution in [0.3, 0.4) is 0 Å². The van der Waals surface area contributed by atoms with Crippen molar-refractivity contribution in [1.29, 1.82) is 0 Å². The van der Waals surface area contributed by atoms with Crippen molar-refractivity contribution < 1.29 is 46.6 Å². The Balaban J connectivity index is 1.54. The van der Waals surface area contributed by atoms with E-state index in [-0.39, 0.29) is 53.3 Å². The smallest absolute Gasteiger partial charge is 0.435 e. The number of aromatic nitrogens is 2. The van der Waals surface area contributed by atoms with Crippen molar-refractivity contribution in [2.75, 3.05) is 19.7 Å². The van der Waals surface area contributed by atoms with Gasteiger partial charge in [-0.25, -0.2) is 9.48 Å². The molecular weight excluding hydrogens is 589 g/mol. The summed E-state index contributed by atoms with van der Waals surface area (Å²) in [6, 6.07) is 5.24. The van der Waals surface area contributed by atoms with Crippen LogP contribution in [0, 0.1) is 6.92 Å². The predicted molar refractivity (Wildman–Crippen MR) is 151 cm³/mol. The van der Waals surface area contributed by atoms with Gasteiger partial charge >= 0.3 is 12.1 Å². The fraction of sp³-hybridized carbons (Fsp3) is 0.500. The lowest BCUT2D eigenvalue weighted by molar-refractivity contribution is -0.151. The first-order valence-electron chi connectivity index (χ1n) is 13.8. The molecule has 3 aromatic rings. The van der Waals surface area contributed by atoms with E-state index >= 15 is 0 Å². The fourth-order valence-corrected chi connectivity index (χ4v) is 5.61. The number of amides is 2. The molecule has 1 fully saturated rings. The lowest BCUT2D eigenvalue weighted by Crippen LogP contribution is -2.59. The molecule has 234 valence electrons. The maximum absolute atomic E-state index is 13.7. The molecule has 2 amide bonds. The van der Waals surface area contributed by atoms with E-state index in [0.29, 0.717) is 13.2 Å². The Morgan fingerprint density at radius 2 is 1.98 bits per heavy atom. The highest BCUT2D eigenvalue weighted by molar-refractivity contribution is 6.76. The van der Waals surface area contributed by atoms with Gasteiger partial charge in [-0.1, -0.05) is 19.6 Å². The number of furan rings is 1. The molecule has 0 aliphatic carbocycles. The highest BCUT2D eigenvalue weighted by Crippen LogP contribution is 2.33. The van der Waals surface area contributed by atoms with Gasteiger partial charge in [-0.05, 0) is 38.1 Å². The summed E-state index contributed by atoms with van der Waals surface area (Å²) in [6.45, 7) is 9.99. The Kier molecular flexibility index (Phi) is 8.97. The Hall–Kier alpha value is -3.85. The van der Waals surface area contributed by atoms with Gasteiger partial charge in [-0.3, -0.25) is 9.59 Å². The Labute approximate surface area is 246 Å². The van der Waals surface area contributed by atoms with E-state index in [1.165, 1.54) is 36.2 Å². The second-order valence-corrected chi connectivity index (χ2v) is 17.3. The normalized spacial score (nSPS) is 17.6. The number of ether oxygens (including phenoxy) is 2. The van der Waals surface area contributed by atoms with E-state index in [1.807, 2.05) is 0 Å². The quantitative estimate of drug-likeness (QED) is 0.169. The number of likely N-dealkylation sites (tertiary alicyclic amines) is 1. The van der Waals surface area contributed by atoms with E-state index in [2.05, 4.69) is 30.1 Å². The van der Waals surface area contributed by atoms with E-state index in [9.17, 15) is 32.7 Å². The number of aryl methyl sites for hydroxylation is 1. The largest absolute Gasteiger partial charge is 0.489 e. The van der Waals surface area contributed by atoms with Crippen molar-refractivity contribution in [3.63, 3.8) is 0 Å². The minimum atomic E-state index is -4.72. The number of nitrogens with one attached hydrogen (secondary N) is 1. The van der Waals surface area contributed by atoms with Crippen molar-refractivity contribution in [2.45, 2.75) is 71.0 Å². The number of alkyl halides is 3. The zero-order valence-corrected chi connectivity index (χ0v) is 25.6. The number of nitrogens with zero attached hydrogens (tertiary/aromatic N) is 3. The van der Waals surface area contributed by atoms with Crippen LogP contribution in [0.2, 0.25) is 25.7 Å². The third-order valence-corrected chi connectivity index (χ3v) is 8.97. The predicted octanol–water partition coefficient (Wildman–Crippen LogP) is 4.65. The molecule has 1 atom stereocenters. The molecule has 4 rings (SSSR count). The molecule has 1 aromatic carbocycles. The zero-order valence-electron chi connectivity index (χ0n) is 24.6. The van der Waals surface area contributed by atoms with Gasteiger partial charge in [-0.2, -0.15) is 18.3 Å². The van der Waals surface area contributed by atoms with Crippen LogP contribution in [0.5, 0.6) is 5.75 Å². The van der Waals surface area contributed by atoms with Gasteiger partial charge in [0.2, 0.25) is 5.54 Å². The summed E-state index contributed by atoms with van der Waals surface area (Å²) in [5, 5.41) is 16.2. The fourth-order valence-electron chi connectivity index (χ4n) is 4.85. The molecule has 1 saturated heterocycles. The molecule has 0 spiro atoms.